The summed E-state index contributed by atoms with van der Waals surface area (Å²) in [4.78, 5) is 30.2. The van der Waals surface area contributed by atoms with Crippen LogP contribution in [0.5, 0.6) is 11.5 Å². The van der Waals surface area contributed by atoms with Gasteiger partial charge in [-0.3, -0.25) is 9.36 Å². The van der Waals surface area contributed by atoms with Crippen LogP contribution >= 0.6 is 0 Å². The summed E-state index contributed by atoms with van der Waals surface area (Å²) in [5.41, 5.74) is 2.57. The maximum Gasteiger partial charge on any atom is 0.351 e. The van der Waals surface area contributed by atoms with Crippen LogP contribution in [0.2, 0.25) is 0 Å². The number of benzene rings is 2. The van der Waals surface area contributed by atoms with Gasteiger partial charge in [-0.05, 0) is 25.5 Å². The molecule has 160 valence electrons. The van der Waals surface area contributed by atoms with E-state index in [1.807, 2.05) is 31.2 Å². The molecule has 2 aromatic heterocycles. The SMILES string of the molecule is COc1cc2c(cc1OC)n(CC(=O)NCc1ccc(C)cc1)c(=O)n1nc(C)nc21. The van der Waals surface area contributed by atoms with E-state index < -0.39 is 5.69 Å². The van der Waals surface area contributed by atoms with Gasteiger partial charge in [0, 0.05) is 18.0 Å². The van der Waals surface area contributed by atoms with Crippen molar-refractivity contribution >= 4 is 22.5 Å². The molecule has 0 aliphatic rings. The molecule has 9 heteroatoms. The van der Waals surface area contributed by atoms with E-state index in [1.165, 1.54) is 23.3 Å². The van der Waals surface area contributed by atoms with Crippen LogP contribution in [-0.4, -0.2) is 39.3 Å². The van der Waals surface area contributed by atoms with E-state index in [0.717, 1.165) is 11.1 Å². The van der Waals surface area contributed by atoms with Gasteiger partial charge in [-0.1, -0.05) is 29.8 Å². The fraction of sp³-hybridized carbons (Fsp3) is 0.273. The summed E-state index contributed by atoms with van der Waals surface area (Å²) in [6, 6.07) is 11.3. The van der Waals surface area contributed by atoms with Crippen molar-refractivity contribution in [3.05, 3.63) is 63.8 Å². The van der Waals surface area contributed by atoms with Crippen LogP contribution in [0.25, 0.3) is 16.6 Å². The van der Waals surface area contributed by atoms with Crippen LogP contribution in [0.1, 0.15) is 17.0 Å². The Bertz CT molecular complexity index is 1340. The van der Waals surface area contributed by atoms with Crippen LogP contribution in [0, 0.1) is 13.8 Å². The number of hydrogen-bond acceptors (Lipinski definition) is 6. The average Bonchev–Trinajstić information content (AvgIpc) is 3.17. The van der Waals surface area contributed by atoms with Gasteiger partial charge in [-0.2, -0.15) is 4.52 Å². The number of amides is 1. The fourth-order valence-corrected chi connectivity index (χ4v) is 3.47. The lowest BCUT2D eigenvalue weighted by Gasteiger charge is -2.14. The molecule has 0 aliphatic carbocycles. The van der Waals surface area contributed by atoms with Crippen molar-refractivity contribution in [1.82, 2.24) is 24.5 Å². The number of fused-ring (bicyclic) bond motifs is 3. The maximum atomic E-state index is 13.1. The lowest BCUT2D eigenvalue weighted by Crippen LogP contribution is -2.35. The molecule has 31 heavy (non-hydrogen) atoms. The second-order valence-corrected chi connectivity index (χ2v) is 7.25. The third kappa shape index (κ3) is 3.81. The lowest BCUT2D eigenvalue weighted by molar-refractivity contribution is -0.121. The quantitative estimate of drug-likeness (QED) is 0.511. The van der Waals surface area contributed by atoms with E-state index in [1.54, 1.807) is 19.1 Å². The molecule has 0 saturated carbocycles. The standard InChI is InChI=1S/C22H23N5O4/c1-13-5-7-15(8-6-13)11-23-20(28)12-26-17-10-19(31-4)18(30-3)9-16(17)21-24-14(2)25-27(21)22(26)29/h5-10H,11-12H2,1-4H3,(H,23,28). The third-order valence-corrected chi connectivity index (χ3v) is 5.07. The Morgan fingerprint density at radius 2 is 1.74 bits per heavy atom. The summed E-state index contributed by atoms with van der Waals surface area (Å²) in [6.45, 7) is 3.90. The van der Waals surface area contributed by atoms with E-state index in [4.69, 9.17) is 9.47 Å². The highest BCUT2D eigenvalue weighted by atomic mass is 16.5. The first-order valence-electron chi connectivity index (χ1n) is 9.75. The minimum atomic E-state index is -0.458. The molecule has 4 aromatic rings. The number of carbonyl (C=O) groups is 1. The summed E-state index contributed by atoms with van der Waals surface area (Å²) < 4.78 is 13.4. The molecule has 0 spiro atoms. The van der Waals surface area contributed by atoms with Crippen molar-refractivity contribution in [1.29, 1.82) is 0 Å². The summed E-state index contributed by atoms with van der Waals surface area (Å²) in [7, 11) is 3.05. The molecular weight excluding hydrogens is 398 g/mol. The molecule has 9 nitrogen and oxygen atoms in total. The van der Waals surface area contributed by atoms with Crippen molar-refractivity contribution in [3.63, 3.8) is 0 Å². The molecule has 0 atom stereocenters. The molecule has 4 rings (SSSR count). The van der Waals surface area contributed by atoms with E-state index in [2.05, 4.69) is 15.4 Å². The van der Waals surface area contributed by atoms with Crippen molar-refractivity contribution in [2.45, 2.75) is 26.9 Å². The number of carbonyl (C=O) groups excluding carboxylic acids is 1. The summed E-state index contributed by atoms with van der Waals surface area (Å²) in [5.74, 6) is 1.10. The topological polar surface area (TPSA) is 99.8 Å². The molecule has 0 bridgehead atoms. The number of methoxy groups -OCH3 is 2. The van der Waals surface area contributed by atoms with Gasteiger partial charge in [0.1, 0.15) is 12.4 Å². The Labute approximate surface area is 178 Å². The number of ether oxygens (including phenoxy) is 2. The minimum Gasteiger partial charge on any atom is -0.493 e. The number of aromatic nitrogens is 4. The number of aryl methyl sites for hydroxylation is 2. The molecule has 0 fully saturated rings. The van der Waals surface area contributed by atoms with E-state index >= 15 is 0 Å². The zero-order valence-corrected chi connectivity index (χ0v) is 17.8. The Balaban J connectivity index is 1.76. The highest BCUT2D eigenvalue weighted by Crippen LogP contribution is 2.33. The Morgan fingerprint density at radius 3 is 2.42 bits per heavy atom. The Kier molecular flexibility index (Phi) is 5.33. The van der Waals surface area contributed by atoms with Crippen LogP contribution in [0.4, 0.5) is 0 Å². The predicted molar refractivity (Wildman–Crippen MR) is 116 cm³/mol. The van der Waals surface area contributed by atoms with Gasteiger partial charge >= 0.3 is 5.69 Å². The van der Waals surface area contributed by atoms with Crippen molar-refractivity contribution in [2.75, 3.05) is 14.2 Å². The van der Waals surface area contributed by atoms with Gasteiger partial charge in [-0.15, -0.1) is 5.10 Å². The number of hydrogen-bond donors (Lipinski definition) is 1. The predicted octanol–water partition coefficient (Wildman–Crippen LogP) is 1.99. The van der Waals surface area contributed by atoms with E-state index in [9.17, 15) is 9.59 Å². The van der Waals surface area contributed by atoms with Crippen LogP contribution in [-0.2, 0) is 17.9 Å². The minimum absolute atomic E-state index is 0.175. The number of nitrogens with one attached hydrogen (secondary N) is 1. The van der Waals surface area contributed by atoms with Gasteiger partial charge in [0.2, 0.25) is 5.91 Å². The zero-order chi connectivity index (χ0) is 22.1. The maximum absolute atomic E-state index is 13.1. The molecule has 1 N–H and O–H groups in total. The molecule has 0 saturated heterocycles. The molecule has 1 amide bonds. The van der Waals surface area contributed by atoms with Gasteiger partial charge in [0.05, 0.1) is 19.7 Å². The first-order valence-corrected chi connectivity index (χ1v) is 9.75. The van der Waals surface area contributed by atoms with Crippen molar-refractivity contribution < 1.29 is 14.3 Å². The molecule has 0 unspecified atom stereocenters. The van der Waals surface area contributed by atoms with Crippen LogP contribution in [0.3, 0.4) is 0 Å². The van der Waals surface area contributed by atoms with Gasteiger partial charge in [0.25, 0.3) is 0 Å². The highest BCUT2D eigenvalue weighted by Gasteiger charge is 2.19. The molecule has 2 aromatic carbocycles. The van der Waals surface area contributed by atoms with Crippen molar-refractivity contribution in [2.24, 2.45) is 0 Å². The van der Waals surface area contributed by atoms with E-state index in [0.29, 0.717) is 40.4 Å². The molecule has 0 radical (unpaired) electrons. The van der Waals surface area contributed by atoms with Crippen molar-refractivity contribution in [3.8, 4) is 11.5 Å². The number of nitrogens with zero attached hydrogens (tertiary/aromatic N) is 4. The fourth-order valence-electron chi connectivity index (χ4n) is 3.47. The largest absolute Gasteiger partial charge is 0.493 e. The normalized spacial score (nSPS) is 11.1. The molecular formula is C22H23N5O4. The summed E-state index contributed by atoms with van der Waals surface area (Å²) in [5, 5.41) is 7.69. The van der Waals surface area contributed by atoms with Gasteiger partial charge < -0.3 is 14.8 Å². The van der Waals surface area contributed by atoms with Crippen LogP contribution in [0.15, 0.2) is 41.2 Å². The second kappa shape index (κ2) is 8.10. The van der Waals surface area contributed by atoms with Gasteiger partial charge in [-0.25, -0.2) is 9.78 Å². The second-order valence-electron chi connectivity index (χ2n) is 7.25. The summed E-state index contributed by atoms with van der Waals surface area (Å²) >= 11 is 0. The lowest BCUT2D eigenvalue weighted by atomic mass is 10.1. The Hall–Kier alpha value is -3.88. The first kappa shape index (κ1) is 20.4. The third-order valence-electron chi connectivity index (χ3n) is 5.07. The Morgan fingerprint density at radius 1 is 1.06 bits per heavy atom. The zero-order valence-electron chi connectivity index (χ0n) is 17.8. The highest BCUT2D eigenvalue weighted by molar-refractivity contribution is 5.94. The smallest absolute Gasteiger partial charge is 0.351 e. The number of rotatable bonds is 6. The van der Waals surface area contributed by atoms with Crippen LogP contribution < -0.4 is 20.5 Å². The van der Waals surface area contributed by atoms with E-state index in [-0.39, 0.29) is 12.5 Å². The molecule has 2 heterocycles. The average molecular weight is 421 g/mol. The molecule has 0 aliphatic heterocycles. The summed E-state index contributed by atoms with van der Waals surface area (Å²) in [6.07, 6.45) is 0. The first-order chi connectivity index (χ1) is 14.9. The monoisotopic (exact) mass is 421 g/mol. The van der Waals surface area contributed by atoms with Gasteiger partial charge in [0.15, 0.2) is 17.1 Å².